The third-order valence-corrected chi connectivity index (χ3v) is 6.01. The summed E-state index contributed by atoms with van der Waals surface area (Å²) >= 11 is 0. The zero-order chi connectivity index (χ0) is 21.5. The van der Waals surface area contributed by atoms with Gasteiger partial charge >= 0.3 is 0 Å². The number of piperidine rings is 1. The summed E-state index contributed by atoms with van der Waals surface area (Å²) in [7, 11) is 0. The lowest BCUT2D eigenvalue weighted by Crippen LogP contribution is -2.49. The van der Waals surface area contributed by atoms with E-state index in [-0.39, 0.29) is 24.0 Å². The van der Waals surface area contributed by atoms with E-state index in [1.807, 2.05) is 26.0 Å². The fourth-order valence-electron chi connectivity index (χ4n) is 4.19. The van der Waals surface area contributed by atoms with Gasteiger partial charge in [-0.05, 0) is 62.8 Å². The van der Waals surface area contributed by atoms with Crippen molar-refractivity contribution in [1.29, 1.82) is 0 Å². The Kier molecular flexibility index (Phi) is 10.1. The van der Waals surface area contributed by atoms with Gasteiger partial charge in [-0.15, -0.1) is 24.0 Å². The van der Waals surface area contributed by atoms with Crippen molar-refractivity contribution in [3.05, 3.63) is 64.7 Å². The van der Waals surface area contributed by atoms with Gasteiger partial charge in [0.25, 0.3) is 0 Å². The highest BCUT2D eigenvalue weighted by atomic mass is 127. The molecule has 2 aromatic carbocycles. The third kappa shape index (κ3) is 7.10. The predicted octanol–water partition coefficient (Wildman–Crippen LogP) is 4.91. The minimum Gasteiger partial charge on any atom is -0.507 e. The maximum Gasteiger partial charge on any atom is 0.191 e. The van der Waals surface area contributed by atoms with Crippen molar-refractivity contribution in [2.24, 2.45) is 4.99 Å². The molecular formula is C25H37IN4O. The molecular weight excluding hydrogens is 499 g/mol. The van der Waals surface area contributed by atoms with E-state index in [4.69, 9.17) is 4.99 Å². The third-order valence-electron chi connectivity index (χ3n) is 6.01. The van der Waals surface area contributed by atoms with Crippen molar-refractivity contribution in [1.82, 2.24) is 15.5 Å². The zero-order valence-electron chi connectivity index (χ0n) is 19.2. The van der Waals surface area contributed by atoms with Gasteiger partial charge in [0.1, 0.15) is 5.75 Å². The van der Waals surface area contributed by atoms with E-state index in [1.165, 1.54) is 5.56 Å². The van der Waals surface area contributed by atoms with Gasteiger partial charge in [0, 0.05) is 31.7 Å². The Morgan fingerprint density at radius 3 is 2.32 bits per heavy atom. The summed E-state index contributed by atoms with van der Waals surface area (Å²) in [6, 6.07) is 15.7. The number of likely N-dealkylation sites (tertiary alicyclic amines) is 1. The van der Waals surface area contributed by atoms with Crippen LogP contribution in [-0.4, -0.2) is 41.6 Å². The average molecular weight is 537 g/mol. The largest absolute Gasteiger partial charge is 0.507 e. The summed E-state index contributed by atoms with van der Waals surface area (Å²) in [4.78, 5) is 7.36. The molecule has 6 heteroatoms. The van der Waals surface area contributed by atoms with Gasteiger partial charge in [-0.3, -0.25) is 4.90 Å². The maximum absolute atomic E-state index is 9.98. The van der Waals surface area contributed by atoms with Gasteiger partial charge in [0.05, 0.1) is 6.54 Å². The van der Waals surface area contributed by atoms with Gasteiger partial charge < -0.3 is 15.7 Å². The van der Waals surface area contributed by atoms with Crippen molar-refractivity contribution in [3.8, 4) is 5.75 Å². The number of halogens is 1. The average Bonchev–Trinajstić information content (AvgIpc) is 2.76. The molecule has 1 heterocycles. The highest BCUT2D eigenvalue weighted by Gasteiger charge is 2.24. The Hall–Kier alpha value is -1.80. The lowest BCUT2D eigenvalue weighted by molar-refractivity contribution is 0.158. The molecule has 1 aliphatic heterocycles. The second kappa shape index (κ2) is 12.3. The van der Waals surface area contributed by atoms with Crippen molar-refractivity contribution >= 4 is 29.9 Å². The van der Waals surface area contributed by atoms with Gasteiger partial charge in [0.2, 0.25) is 0 Å². The van der Waals surface area contributed by atoms with E-state index >= 15 is 0 Å². The molecule has 1 unspecified atom stereocenters. The first-order chi connectivity index (χ1) is 14.5. The smallest absolute Gasteiger partial charge is 0.191 e. The van der Waals surface area contributed by atoms with Crippen LogP contribution in [0.1, 0.15) is 55.0 Å². The van der Waals surface area contributed by atoms with Crippen LogP contribution in [0.5, 0.6) is 5.75 Å². The standard InChI is InChI=1S/C25H36N4O.HI/c1-5-26-25(27-17-21-15-18(2)24(30)19(3)16-21)28-23-11-13-29(14-12-23)20(4)22-9-7-6-8-10-22;/h6-10,15-16,20,23,30H,5,11-14,17H2,1-4H3,(H2,26,27,28);1H. The maximum atomic E-state index is 9.98. The number of benzene rings is 2. The van der Waals surface area contributed by atoms with Crippen LogP contribution in [0, 0.1) is 13.8 Å². The number of aromatic hydroxyl groups is 1. The number of hydrogen-bond acceptors (Lipinski definition) is 3. The molecule has 0 radical (unpaired) electrons. The molecule has 170 valence electrons. The number of rotatable bonds is 6. The van der Waals surface area contributed by atoms with Gasteiger partial charge in [-0.2, -0.15) is 0 Å². The van der Waals surface area contributed by atoms with Crippen LogP contribution in [0.4, 0.5) is 0 Å². The Morgan fingerprint density at radius 2 is 1.74 bits per heavy atom. The number of aryl methyl sites for hydroxylation is 2. The molecule has 1 aliphatic rings. The summed E-state index contributed by atoms with van der Waals surface area (Å²) in [6.45, 7) is 11.9. The molecule has 3 N–H and O–H groups in total. The molecule has 1 atom stereocenters. The number of aliphatic imine (C=N–C) groups is 1. The van der Waals surface area contributed by atoms with Crippen LogP contribution < -0.4 is 10.6 Å². The lowest BCUT2D eigenvalue weighted by Gasteiger charge is -2.37. The Bertz CT molecular complexity index is 825. The molecule has 0 spiro atoms. The highest BCUT2D eigenvalue weighted by Crippen LogP contribution is 2.25. The van der Waals surface area contributed by atoms with Crippen LogP contribution in [0.15, 0.2) is 47.5 Å². The van der Waals surface area contributed by atoms with Crippen molar-refractivity contribution in [3.63, 3.8) is 0 Å². The van der Waals surface area contributed by atoms with Crippen LogP contribution in [-0.2, 0) is 6.54 Å². The van der Waals surface area contributed by atoms with E-state index in [0.29, 0.717) is 24.4 Å². The number of nitrogens with one attached hydrogen (secondary N) is 2. The second-order valence-electron chi connectivity index (χ2n) is 8.31. The van der Waals surface area contributed by atoms with Crippen LogP contribution in [0.2, 0.25) is 0 Å². The second-order valence-corrected chi connectivity index (χ2v) is 8.31. The van der Waals surface area contributed by atoms with Gasteiger partial charge in [0.15, 0.2) is 5.96 Å². The number of guanidine groups is 1. The monoisotopic (exact) mass is 536 g/mol. The molecule has 2 aromatic rings. The number of phenols is 1. The summed E-state index contributed by atoms with van der Waals surface area (Å²) in [5, 5.41) is 17.0. The summed E-state index contributed by atoms with van der Waals surface area (Å²) < 4.78 is 0. The fraction of sp³-hybridized carbons (Fsp3) is 0.480. The van der Waals surface area contributed by atoms with Crippen LogP contribution in [0.25, 0.3) is 0 Å². The number of phenolic OH excluding ortho intramolecular Hbond substituents is 1. The molecule has 0 amide bonds. The lowest BCUT2D eigenvalue weighted by atomic mass is 10.0. The van der Waals surface area contributed by atoms with Crippen molar-refractivity contribution < 1.29 is 5.11 Å². The first-order valence-corrected chi connectivity index (χ1v) is 11.1. The molecule has 1 saturated heterocycles. The summed E-state index contributed by atoms with van der Waals surface area (Å²) in [6.07, 6.45) is 2.22. The molecule has 5 nitrogen and oxygen atoms in total. The van der Waals surface area contributed by atoms with E-state index in [0.717, 1.165) is 55.1 Å². The first kappa shape index (κ1) is 25.5. The molecule has 0 saturated carbocycles. The Morgan fingerprint density at radius 1 is 1.13 bits per heavy atom. The topological polar surface area (TPSA) is 59.9 Å². The minimum atomic E-state index is 0. The van der Waals surface area contributed by atoms with E-state index in [9.17, 15) is 5.11 Å². The Balaban J connectivity index is 0.00000341. The number of hydrogen-bond donors (Lipinski definition) is 3. The summed E-state index contributed by atoms with van der Waals surface area (Å²) in [5.41, 5.74) is 4.31. The summed E-state index contributed by atoms with van der Waals surface area (Å²) in [5.74, 6) is 1.25. The molecule has 0 aliphatic carbocycles. The predicted molar refractivity (Wildman–Crippen MR) is 140 cm³/mol. The van der Waals surface area contributed by atoms with E-state index in [1.54, 1.807) is 0 Å². The Labute approximate surface area is 204 Å². The quantitative estimate of drug-likeness (QED) is 0.279. The first-order valence-electron chi connectivity index (χ1n) is 11.1. The molecule has 31 heavy (non-hydrogen) atoms. The van der Waals surface area contributed by atoms with Crippen LogP contribution in [0.3, 0.4) is 0 Å². The van der Waals surface area contributed by atoms with Crippen molar-refractivity contribution in [2.45, 2.75) is 59.2 Å². The molecule has 3 rings (SSSR count). The van der Waals surface area contributed by atoms with E-state index in [2.05, 4.69) is 59.7 Å². The molecule has 0 aromatic heterocycles. The minimum absolute atomic E-state index is 0. The van der Waals surface area contributed by atoms with Gasteiger partial charge in [-0.1, -0.05) is 42.5 Å². The highest BCUT2D eigenvalue weighted by molar-refractivity contribution is 14.0. The van der Waals surface area contributed by atoms with Crippen LogP contribution >= 0.6 is 24.0 Å². The fourth-order valence-corrected chi connectivity index (χ4v) is 4.19. The SMILES string of the molecule is CCNC(=NCc1cc(C)c(O)c(C)c1)NC1CCN(C(C)c2ccccc2)CC1.I. The van der Waals surface area contributed by atoms with Crippen molar-refractivity contribution in [2.75, 3.05) is 19.6 Å². The number of nitrogens with zero attached hydrogens (tertiary/aromatic N) is 2. The normalized spacial score (nSPS) is 16.5. The zero-order valence-corrected chi connectivity index (χ0v) is 21.5. The van der Waals surface area contributed by atoms with Gasteiger partial charge in [-0.25, -0.2) is 4.99 Å². The molecule has 0 bridgehead atoms. The van der Waals surface area contributed by atoms with E-state index < -0.39 is 0 Å². The molecule has 1 fully saturated rings.